The Morgan fingerprint density at radius 3 is 2.48 bits per heavy atom. The summed E-state index contributed by atoms with van der Waals surface area (Å²) in [6.07, 6.45) is 0.110. The Kier molecular flexibility index (Phi) is 6.76. The number of carbonyl (C=O) groups is 3. The summed E-state index contributed by atoms with van der Waals surface area (Å²) in [5.74, 6) is -1.24. The van der Waals surface area contributed by atoms with Crippen molar-refractivity contribution < 1.29 is 34.1 Å². The minimum absolute atomic E-state index is 0.110. The molecule has 2 amide bonds. The minimum atomic E-state index is -1.25. The number of nitrogens with zero attached hydrogens (tertiary/aromatic N) is 1. The van der Waals surface area contributed by atoms with Gasteiger partial charge < -0.3 is 29.9 Å². The fraction of sp³-hybridized carbons (Fsp3) is 0.227. The van der Waals surface area contributed by atoms with Crippen LogP contribution in [0, 0.1) is 0 Å². The first kappa shape index (κ1) is 21.7. The molecular weight excluding hydrogens is 404 g/mol. The van der Waals surface area contributed by atoms with Crippen LogP contribution in [0.2, 0.25) is 0 Å². The molecule has 0 aromatic heterocycles. The van der Waals surface area contributed by atoms with Crippen LogP contribution in [-0.4, -0.2) is 53.1 Å². The number of aliphatic carboxylic acids is 1. The van der Waals surface area contributed by atoms with Crippen molar-refractivity contribution in [2.45, 2.75) is 13.0 Å². The van der Waals surface area contributed by atoms with Crippen LogP contribution >= 0.6 is 0 Å². The Morgan fingerprint density at radius 1 is 1.10 bits per heavy atom. The lowest BCUT2D eigenvalue weighted by Gasteiger charge is -2.28. The number of hydrogen-bond donors (Lipinski definition) is 3. The SMILES string of the molecule is COc1cccc(Oc2ccc(CN3CCC(O)=C(C(=O)NCC(=O)O)C3=O)cc2)c1. The van der Waals surface area contributed by atoms with E-state index in [1.807, 2.05) is 12.1 Å². The van der Waals surface area contributed by atoms with Gasteiger partial charge >= 0.3 is 5.97 Å². The lowest BCUT2D eigenvalue weighted by atomic mass is 10.0. The second kappa shape index (κ2) is 9.66. The van der Waals surface area contributed by atoms with E-state index in [4.69, 9.17) is 14.6 Å². The number of nitrogens with one attached hydrogen (secondary N) is 1. The normalized spacial score (nSPS) is 13.7. The molecule has 162 valence electrons. The third-order valence-electron chi connectivity index (χ3n) is 4.61. The maximum atomic E-state index is 12.7. The van der Waals surface area contributed by atoms with Gasteiger partial charge in [0.25, 0.3) is 11.8 Å². The van der Waals surface area contributed by atoms with Crippen molar-refractivity contribution in [2.24, 2.45) is 0 Å². The summed E-state index contributed by atoms with van der Waals surface area (Å²) in [7, 11) is 1.58. The quantitative estimate of drug-likeness (QED) is 0.553. The number of aliphatic hydroxyl groups excluding tert-OH is 1. The molecule has 1 aliphatic heterocycles. The Morgan fingerprint density at radius 2 is 1.81 bits per heavy atom. The minimum Gasteiger partial charge on any atom is -0.511 e. The third kappa shape index (κ3) is 5.53. The van der Waals surface area contributed by atoms with E-state index in [9.17, 15) is 19.5 Å². The standard InChI is InChI=1S/C22H22N2O7/c1-30-16-3-2-4-17(11-16)31-15-7-5-14(6-8-15)13-24-10-9-18(25)20(22(24)29)21(28)23-12-19(26)27/h2-8,11,25H,9-10,12-13H2,1H3,(H,23,28)(H,26,27). The smallest absolute Gasteiger partial charge is 0.322 e. The number of hydrogen-bond acceptors (Lipinski definition) is 6. The number of amides is 2. The molecule has 0 saturated heterocycles. The van der Waals surface area contributed by atoms with Crippen LogP contribution in [0.1, 0.15) is 12.0 Å². The topological polar surface area (TPSA) is 125 Å². The zero-order valence-corrected chi connectivity index (χ0v) is 16.8. The van der Waals surface area contributed by atoms with Crippen LogP contribution in [0.3, 0.4) is 0 Å². The van der Waals surface area contributed by atoms with Crippen molar-refractivity contribution in [2.75, 3.05) is 20.2 Å². The van der Waals surface area contributed by atoms with Gasteiger partial charge in [0.1, 0.15) is 35.1 Å². The highest BCUT2D eigenvalue weighted by Gasteiger charge is 2.32. The number of carboxylic acids is 1. The average molecular weight is 426 g/mol. The lowest BCUT2D eigenvalue weighted by Crippen LogP contribution is -2.43. The van der Waals surface area contributed by atoms with E-state index in [1.165, 1.54) is 4.90 Å². The first-order chi connectivity index (χ1) is 14.9. The van der Waals surface area contributed by atoms with Crippen LogP contribution in [0.4, 0.5) is 0 Å². The summed E-state index contributed by atoms with van der Waals surface area (Å²) in [5, 5.41) is 20.8. The Labute approximate surface area is 178 Å². The molecule has 1 heterocycles. The molecule has 3 N–H and O–H groups in total. The number of ether oxygens (including phenoxy) is 2. The van der Waals surface area contributed by atoms with Gasteiger partial charge in [0.05, 0.1) is 7.11 Å². The Hall–Kier alpha value is -4.01. The van der Waals surface area contributed by atoms with E-state index in [-0.39, 0.29) is 25.3 Å². The van der Waals surface area contributed by atoms with Gasteiger partial charge in [-0.15, -0.1) is 0 Å². The van der Waals surface area contributed by atoms with Gasteiger partial charge in [0, 0.05) is 25.6 Å². The van der Waals surface area contributed by atoms with Crippen molar-refractivity contribution in [1.29, 1.82) is 0 Å². The second-order valence-electron chi connectivity index (χ2n) is 6.80. The fourth-order valence-corrected chi connectivity index (χ4v) is 3.06. The van der Waals surface area contributed by atoms with Gasteiger partial charge in [-0.3, -0.25) is 14.4 Å². The predicted octanol–water partition coefficient (Wildman–Crippen LogP) is 2.23. The summed E-state index contributed by atoms with van der Waals surface area (Å²) in [5.41, 5.74) is 0.378. The van der Waals surface area contributed by atoms with Crippen LogP contribution in [0.5, 0.6) is 17.2 Å². The van der Waals surface area contributed by atoms with Gasteiger partial charge in [0.15, 0.2) is 0 Å². The molecule has 31 heavy (non-hydrogen) atoms. The summed E-state index contributed by atoms with van der Waals surface area (Å²) < 4.78 is 11.0. The molecule has 2 aromatic carbocycles. The molecule has 9 heteroatoms. The molecule has 2 aromatic rings. The van der Waals surface area contributed by atoms with Crippen LogP contribution in [-0.2, 0) is 20.9 Å². The number of carbonyl (C=O) groups excluding carboxylic acids is 2. The first-order valence-electron chi connectivity index (χ1n) is 9.49. The average Bonchev–Trinajstić information content (AvgIpc) is 2.76. The number of aliphatic hydroxyl groups is 1. The lowest BCUT2D eigenvalue weighted by molar-refractivity contribution is -0.138. The first-order valence-corrected chi connectivity index (χ1v) is 9.49. The van der Waals surface area contributed by atoms with Gasteiger partial charge in [0.2, 0.25) is 0 Å². The van der Waals surface area contributed by atoms with Gasteiger partial charge in [-0.25, -0.2) is 0 Å². The van der Waals surface area contributed by atoms with Crippen molar-refractivity contribution in [3.8, 4) is 17.2 Å². The number of benzene rings is 2. The summed E-state index contributed by atoms with van der Waals surface area (Å²) in [4.78, 5) is 36.8. The van der Waals surface area contributed by atoms with E-state index in [1.54, 1.807) is 43.5 Å². The monoisotopic (exact) mass is 426 g/mol. The van der Waals surface area contributed by atoms with Crippen LogP contribution in [0.15, 0.2) is 59.9 Å². The molecular formula is C22H22N2O7. The summed E-state index contributed by atoms with van der Waals surface area (Å²) >= 11 is 0. The molecule has 0 atom stereocenters. The molecule has 0 fully saturated rings. The summed E-state index contributed by atoms with van der Waals surface area (Å²) in [6, 6.07) is 14.3. The van der Waals surface area contributed by atoms with E-state index < -0.39 is 29.9 Å². The van der Waals surface area contributed by atoms with Crippen molar-refractivity contribution in [1.82, 2.24) is 10.2 Å². The largest absolute Gasteiger partial charge is 0.511 e. The molecule has 0 radical (unpaired) electrons. The Bertz CT molecular complexity index is 1010. The molecule has 0 unspecified atom stereocenters. The summed E-state index contributed by atoms with van der Waals surface area (Å²) in [6.45, 7) is -0.179. The number of carboxylic acid groups (broad SMARTS) is 1. The Balaban J connectivity index is 1.65. The zero-order chi connectivity index (χ0) is 22.4. The number of methoxy groups -OCH3 is 1. The number of rotatable bonds is 8. The highest BCUT2D eigenvalue weighted by Crippen LogP contribution is 2.26. The van der Waals surface area contributed by atoms with Gasteiger partial charge in [-0.1, -0.05) is 18.2 Å². The molecule has 0 bridgehead atoms. The second-order valence-corrected chi connectivity index (χ2v) is 6.80. The molecule has 0 saturated carbocycles. The van der Waals surface area contributed by atoms with E-state index in [0.717, 1.165) is 5.56 Å². The van der Waals surface area contributed by atoms with E-state index >= 15 is 0 Å². The molecule has 0 aliphatic carbocycles. The van der Waals surface area contributed by atoms with Crippen LogP contribution in [0.25, 0.3) is 0 Å². The van der Waals surface area contributed by atoms with Crippen molar-refractivity contribution >= 4 is 17.8 Å². The molecule has 9 nitrogen and oxygen atoms in total. The van der Waals surface area contributed by atoms with Gasteiger partial charge in [-0.2, -0.15) is 0 Å². The predicted molar refractivity (Wildman–Crippen MR) is 110 cm³/mol. The zero-order valence-electron chi connectivity index (χ0n) is 16.8. The molecule has 1 aliphatic rings. The highest BCUT2D eigenvalue weighted by atomic mass is 16.5. The van der Waals surface area contributed by atoms with Crippen LogP contribution < -0.4 is 14.8 Å². The van der Waals surface area contributed by atoms with Crippen molar-refractivity contribution in [3.63, 3.8) is 0 Å². The third-order valence-corrected chi connectivity index (χ3v) is 4.61. The molecule has 0 spiro atoms. The maximum Gasteiger partial charge on any atom is 0.322 e. The van der Waals surface area contributed by atoms with Crippen molar-refractivity contribution in [3.05, 3.63) is 65.4 Å². The maximum absolute atomic E-state index is 12.7. The highest BCUT2D eigenvalue weighted by molar-refractivity contribution is 6.19. The van der Waals surface area contributed by atoms with E-state index in [0.29, 0.717) is 17.2 Å². The fourth-order valence-electron chi connectivity index (χ4n) is 3.06. The van der Waals surface area contributed by atoms with Gasteiger partial charge in [-0.05, 0) is 29.8 Å². The molecule has 3 rings (SSSR count). The van der Waals surface area contributed by atoms with E-state index in [2.05, 4.69) is 5.32 Å².